The molecule has 1 aromatic heterocycles. The maximum atomic E-state index is 13.4. The molecule has 0 radical (unpaired) electrons. The van der Waals surface area contributed by atoms with Crippen LogP contribution < -0.4 is 5.73 Å². The molecule has 0 aliphatic carbocycles. The van der Waals surface area contributed by atoms with Gasteiger partial charge >= 0.3 is 0 Å². The maximum absolute atomic E-state index is 13.4. The van der Waals surface area contributed by atoms with Crippen molar-refractivity contribution in [1.29, 1.82) is 0 Å². The zero-order chi connectivity index (χ0) is 15.0. The number of aromatic nitrogens is 2. The highest BCUT2D eigenvalue weighted by atomic mass is 79.9. The predicted molar refractivity (Wildman–Crippen MR) is 77.2 cm³/mol. The van der Waals surface area contributed by atoms with Gasteiger partial charge in [-0.15, -0.1) is 0 Å². The van der Waals surface area contributed by atoms with Crippen LogP contribution in [0.1, 0.15) is 0 Å². The average molecular weight is 352 g/mol. The van der Waals surface area contributed by atoms with Crippen molar-refractivity contribution in [2.75, 3.05) is 5.73 Å². The van der Waals surface area contributed by atoms with Crippen LogP contribution in [0.4, 0.5) is 14.5 Å². The number of halogens is 3. The van der Waals surface area contributed by atoms with Crippen LogP contribution in [0.15, 0.2) is 45.4 Å². The van der Waals surface area contributed by atoms with Crippen LogP contribution in [0.5, 0.6) is 0 Å². The van der Waals surface area contributed by atoms with Crippen LogP contribution in [0.25, 0.3) is 22.8 Å². The molecule has 0 bridgehead atoms. The topological polar surface area (TPSA) is 64.9 Å². The van der Waals surface area contributed by atoms with Crippen molar-refractivity contribution in [3.05, 3.63) is 52.5 Å². The predicted octanol–water partition coefficient (Wildman–Crippen LogP) is 4.03. The molecule has 0 atom stereocenters. The lowest BCUT2D eigenvalue weighted by Gasteiger charge is -2.00. The molecular formula is C14H8BrF2N3O. The number of nitrogens with zero attached hydrogens (tertiary/aromatic N) is 2. The van der Waals surface area contributed by atoms with E-state index >= 15 is 0 Å². The molecule has 106 valence electrons. The van der Waals surface area contributed by atoms with Crippen molar-refractivity contribution in [1.82, 2.24) is 10.1 Å². The summed E-state index contributed by atoms with van der Waals surface area (Å²) < 4.78 is 32.4. The summed E-state index contributed by atoms with van der Waals surface area (Å²) in [5.74, 6) is -0.748. The first-order chi connectivity index (χ1) is 10.1. The molecule has 0 saturated carbocycles. The highest BCUT2D eigenvalue weighted by Gasteiger charge is 2.16. The van der Waals surface area contributed by atoms with Crippen LogP contribution >= 0.6 is 15.9 Å². The van der Waals surface area contributed by atoms with Gasteiger partial charge in [-0.25, -0.2) is 8.78 Å². The first kappa shape index (κ1) is 13.7. The minimum Gasteiger partial charge on any atom is -0.396 e. The fourth-order valence-electron chi connectivity index (χ4n) is 1.83. The summed E-state index contributed by atoms with van der Waals surface area (Å²) in [6, 6.07) is 8.41. The first-order valence-corrected chi connectivity index (χ1v) is 6.69. The molecule has 0 amide bonds. The molecule has 2 N–H and O–H groups in total. The molecule has 2 aromatic carbocycles. The standard InChI is InChI=1S/C14H8BrF2N3O/c15-10-5-4-7(16)6-9(10)13-19-14(21-20-13)8-2-1-3-11(17)12(8)18/h1-6H,18H2. The van der Waals surface area contributed by atoms with E-state index in [1.165, 1.54) is 30.3 Å². The van der Waals surface area contributed by atoms with Gasteiger partial charge in [0.2, 0.25) is 5.82 Å². The van der Waals surface area contributed by atoms with Gasteiger partial charge in [-0.1, -0.05) is 27.2 Å². The molecule has 0 aliphatic rings. The van der Waals surface area contributed by atoms with E-state index in [4.69, 9.17) is 10.3 Å². The van der Waals surface area contributed by atoms with Gasteiger partial charge < -0.3 is 10.3 Å². The maximum Gasteiger partial charge on any atom is 0.260 e. The Hall–Kier alpha value is -2.28. The lowest BCUT2D eigenvalue weighted by atomic mass is 10.1. The molecule has 3 rings (SSSR count). The molecule has 0 saturated heterocycles. The second kappa shape index (κ2) is 5.25. The summed E-state index contributed by atoms with van der Waals surface area (Å²) in [5.41, 5.74) is 6.29. The Kier molecular flexibility index (Phi) is 3.42. The Bertz CT molecular complexity index is 803. The summed E-state index contributed by atoms with van der Waals surface area (Å²) >= 11 is 3.29. The monoisotopic (exact) mass is 351 g/mol. The highest BCUT2D eigenvalue weighted by Crippen LogP contribution is 2.31. The van der Waals surface area contributed by atoms with Crippen molar-refractivity contribution in [3.63, 3.8) is 0 Å². The number of hydrogen-bond donors (Lipinski definition) is 1. The van der Waals surface area contributed by atoms with E-state index in [2.05, 4.69) is 26.1 Å². The SMILES string of the molecule is Nc1c(F)cccc1-c1nc(-c2cc(F)ccc2Br)no1. The van der Waals surface area contributed by atoms with Crippen molar-refractivity contribution in [2.45, 2.75) is 0 Å². The van der Waals surface area contributed by atoms with Crippen molar-refractivity contribution in [3.8, 4) is 22.8 Å². The minimum absolute atomic E-state index is 0.0677. The Labute approximate surface area is 126 Å². The second-order valence-corrected chi connectivity index (χ2v) is 5.10. The average Bonchev–Trinajstić information content (AvgIpc) is 2.94. The number of para-hydroxylation sites is 1. The van der Waals surface area contributed by atoms with E-state index < -0.39 is 11.6 Å². The summed E-state index contributed by atoms with van der Waals surface area (Å²) in [6.07, 6.45) is 0. The summed E-state index contributed by atoms with van der Waals surface area (Å²) in [5, 5.41) is 3.77. The largest absolute Gasteiger partial charge is 0.396 e. The molecule has 1 heterocycles. The number of nitrogens with two attached hydrogens (primary N) is 1. The molecular weight excluding hydrogens is 344 g/mol. The van der Waals surface area contributed by atoms with Gasteiger partial charge in [-0.2, -0.15) is 4.98 Å². The lowest BCUT2D eigenvalue weighted by molar-refractivity contribution is 0.432. The quantitative estimate of drug-likeness (QED) is 0.708. The molecule has 21 heavy (non-hydrogen) atoms. The van der Waals surface area contributed by atoms with E-state index in [-0.39, 0.29) is 17.4 Å². The molecule has 3 aromatic rings. The summed E-state index contributed by atoms with van der Waals surface area (Å²) in [6.45, 7) is 0. The number of hydrogen-bond acceptors (Lipinski definition) is 4. The van der Waals surface area contributed by atoms with Crippen molar-refractivity contribution >= 4 is 21.6 Å². The van der Waals surface area contributed by atoms with E-state index in [1.54, 1.807) is 6.07 Å². The van der Waals surface area contributed by atoms with Crippen LogP contribution in [-0.4, -0.2) is 10.1 Å². The van der Waals surface area contributed by atoms with Crippen LogP contribution in [-0.2, 0) is 0 Å². The van der Waals surface area contributed by atoms with E-state index in [0.717, 1.165) is 0 Å². The van der Waals surface area contributed by atoms with Gasteiger partial charge in [0.25, 0.3) is 5.89 Å². The highest BCUT2D eigenvalue weighted by molar-refractivity contribution is 9.10. The van der Waals surface area contributed by atoms with Gasteiger partial charge in [-0.3, -0.25) is 0 Å². The van der Waals surface area contributed by atoms with Gasteiger partial charge in [0.1, 0.15) is 11.6 Å². The second-order valence-electron chi connectivity index (χ2n) is 4.25. The smallest absolute Gasteiger partial charge is 0.260 e. The van der Waals surface area contributed by atoms with Gasteiger partial charge in [-0.05, 0) is 30.3 Å². The third kappa shape index (κ3) is 2.52. The lowest BCUT2D eigenvalue weighted by Crippen LogP contribution is -1.94. The van der Waals surface area contributed by atoms with E-state index in [1.807, 2.05) is 0 Å². The number of nitrogen functional groups attached to an aromatic ring is 1. The molecule has 0 spiro atoms. The number of anilines is 1. The summed E-state index contributed by atoms with van der Waals surface area (Å²) in [4.78, 5) is 4.13. The van der Waals surface area contributed by atoms with Crippen LogP contribution in [0, 0.1) is 11.6 Å². The van der Waals surface area contributed by atoms with E-state index in [0.29, 0.717) is 15.6 Å². The minimum atomic E-state index is -0.570. The Balaban J connectivity index is 2.08. The summed E-state index contributed by atoms with van der Waals surface area (Å²) in [7, 11) is 0. The first-order valence-electron chi connectivity index (χ1n) is 5.90. The molecule has 0 unspecified atom stereocenters. The van der Waals surface area contributed by atoms with Gasteiger partial charge in [0.15, 0.2) is 0 Å². The van der Waals surface area contributed by atoms with E-state index in [9.17, 15) is 8.78 Å². The number of rotatable bonds is 2. The third-order valence-corrected chi connectivity index (χ3v) is 3.57. The van der Waals surface area contributed by atoms with Crippen molar-refractivity contribution < 1.29 is 13.3 Å². The fraction of sp³-hybridized carbons (Fsp3) is 0. The van der Waals surface area contributed by atoms with Crippen LogP contribution in [0.3, 0.4) is 0 Å². The molecule has 0 aliphatic heterocycles. The Morgan fingerprint density at radius 1 is 1.10 bits per heavy atom. The molecule has 0 fully saturated rings. The van der Waals surface area contributed by atoms with Gasteiger partial charge in [0, 0.05) is 10.0 Å². The van der Waals surface area contributed by atoms with Gasteiger partial charge in [0.05, 0.1) is 11.3 Å². The zero-order valence-corrected chi connectivity index (χ0v) is 12.1. The zero-order valence-electron chi connectivity index (χ0n) is 10.5. The Morgan fingerprint density at radius 2 is 1.90 bits per heavy atom. The van der Waals surface area contributed by atoms with Crippen LogP contribution in [0.2, 0.25) is 0 Å². The fourth-order valence-corrected chi connectivity index (χ4v) is 2.26. The molecule has 4 nitrogen and oxygen atoms in total. The third-order valence-electron chi connectivity index (χ3n) is 2.88. The molecule has 7 heteroatoms. The van der Waals surface area contributed by atoms with Crippen molar-refractivity contribution in [2.24, 2.45) is 0 Å². The Morgan fingerprint density at radius 3 is 2.71 bits per heavy atom. The normalized spacial score (nSPS) is 10.8. The number of benzene rings is 2.